The number of rotatable bonds is 4. The van der Waals surface area contributed by atoms with E-state index in [1.54, 1.807) is 11.3 Å². The number of halogens is 1. The monoisotopic (exact) mass is 494 g/mol. The quantitative estimate of drug-likeness (QED) is 0.369. The third kappa shape index (κ3) is 5.16. The molecule has 31 heavy (non-hydrogen) atoms. The summed E-state index contributed by atoms with van der Waals surface area (Å²) < 4.78 is 1.04. The molecule has 0 spiro atoms. The number of hydrogen-bond acceptors (Lipinski definition) is 3. The minimum atomic E-state index is -0.0465. The highest BCUT2D eigenvalue weighted by molar-refractivity contribution is 9.10. The first-order valence-electron chi connectivity index (χ1n) is 10.8. The van der Waals surface area contributed by atoms with Gasteiger partial charge in [0.2, 0.25) is 0 Å². The van der Waals surface area contributed by atoms with E-state index in [0.717, 1.165) is 51.1 Å². The first kappa shape index (κ1) is 22.0. The van der Waals surface area contributed by atoms with E-state index in [0.29, 0.717) is 0 Å². The molecule has 3 aromatic rings. The van der Waals surface area contributed by atoms with Gasteiger partial charge in [0.1, 0.15) is 5.00 Å². The van der Waals surface area contributed by atoms with Crippen LogP contribution in [0.2, 0.25) is 0 Å². The summed E-state index contributed by atoms with van der Waals surface area (Å²) in [5.74, 6) is -0.0465. The molecule has 0 bridgehead atoms. The van der Waals surface area contributed by atoms with Crippen molar-refractivity contribution in [2.24, 2.45) is 4.99 Å². The predicted molar refractivity (Wildman–Crippen MR) is 135 cm³/mol. The number of carbonyl (C=O) groups excluding carboxylic acids is 1. The van der Waals surface area contributed by atoms with Crippen LogP contribution in [-0.4, -0.2) is 12.1 Å². The molecule has 0 aliphatic heterocycles. The van der Waals surface area contributed by atoms with E-state index in [2.05, 4.69) is 41.2 Å². The van der Waals surface area contributed by atoms with E-state index in [1.807, 2.05) is 42.6 Å². The van der Waals surface area contributed by atoms with Gasteiger partial charge < -0.3 is 5.32 Å². The van der Waals surface area contributed by atoms with Gasteiger partial charge in [-0.25, -0.2) is 4.99 Å². The lowest BCUT2D eigenvalue weighted by Crippen LogP contribution is -2.15. The average Bonchev–Trinajstić information content (AvgIpc) is 3.07. The Labute approximate surface area is 196 Å². The van der Waals surface area contributed by atoms with Crippen molar-refractivity contribution in [3.63, 3.8) is 0 Å². The van der Waals surface area contributed by atoms with E-state index in [-0.39, 0.29) is 5.91 Å². The zero-order valence-electron chi connectivity index (χ0n) is 18.0. The van der Waals surface area contributed by atoms with Gasteiger partial charge in [-0.1, -0.05) is 53.0 Å². The molecular weight excluding hydrogens is 468 g/mol. The molecule has 1 heterocycles. The van der Waals surface area contributed by atoms with Crippen LogP contribution < -0.4 is 5.32 Å². The minimum Gasteiger partial charge on any atom is -0.322 e. The fraction of sp³-hybridized carbons (Fsp3) is 0.308. The van der Waals surface area contributed by atoms with Crippen LogP contribution in [0.3, 0.4) is 0 Å². The summed E-state index contributed by atoms with van der Waals surface area (Å²) in [6, 6.07) is 14.1. The van der Waals surface area contributed by atoms with Gasteiger partial charge in [-0.3, -0.25) is 4.79 Å². The van der Waals surface area contributed by atoms with E-state index in [1.165, 1.54) is 35.3 Å². The molecule has 1 amide bonds. The predicted octanol–water partition coefficient (Wildman–Crippen LogP) is 7.79. The van der Waals surface area contributed by atoms with Crippen LogP contribution >= 0.6 is 27.3 Å². The Morgan fingerprint density at radius 2 is 1.77 bits per heavy atom. The molecule has 1 aromatic heterocycles. The Bertz CT molecular complexity index is 1120. The van der Waals surface area contributed by atoms with Crippen molar-refractivity contribution < 1.29 is 4.79 Å². The molecular formula is C26H27BrN2OS. The van der Waals surface area contributed by atoms with Gasteiger partial charge in [-0.15, -0.1) is 11.3 Å². The maximum Gasteiger partial charge on any atom is 0.259 e. The number of anilines is 1. The molecule has 3 nitrogen and oxygen atoms in total. The van der Waals surface area contributed by atoms with Gasteiger partial charge in [0, 0.05) is 21.3 Å². The highest BCUT2D eigenvalue weighted by atomic mass is 79.9. The Kier molecular flexibility index (Phi) is 7.03. The van der Waals surface area contributed by atoms with Crippen LogP contribution in [0.25, 0.3) is 0 Å². The zero-order chi connectivity index (χ0) is 21.8. The van der Waals surface area contributed by atoms with Crippen LogP contribution in [0.5, 0.6) is 0 Å². The van der Waals surface area contributed by atoms with Crippen molar-refractivity contribution in [3.8, 4) is 0 Å². The SMILES string of the molecule is Cc1cccc(NC(=O)c2c(N=Cc3ccc(Br)cc3)sc3c2CCCCCC3)c1C. The number of nitrogens with zero attached hydrogens (tertiary/aromatic N) is 1. The average molecular weight is 495 g/mol. The lowest BCUT2D eigenvalue weighted by molar-refractivity contribution is 0.102. The second kappa shape index (κ2) is 9.92. The van der Waals surface area contributed by atoms with Gasteiger partial charge in [0.05, 0.1) is 5.56 Å². The smallest absolute Gasteiger partial charge is 0.259 e. The van der Waals surface area contributed by atoms with Crippen molar-refractivity contribution in [2.75, 3.05) is 5.32 Å². The molecule has 0 saturated carbocycles. The highest BCUT2D eigenvalue weighted by Crippen LogP contribution is 2.39. The van der Waals surface area contributed by atoms with Crippen LogP contribution in [-0.2, 0) is 12.8 Å². The molecule has 1 aliphatic rings. The Hall–Kier alpha value is -2.24. The van der Waals surface area contributed by atoms with Crippen LogP contribution in [0.4, 0.5) is 10.7 Å². The number of nitrogens with one attached hydrogen (secondary N) is 1. The molecule has 1 N–H and O–H groups in total. The normalized spacial score (nSPS) is 14.2. The molecule has 4 rings (SSSR count). The van der Waals surface area contributed by atoms with Gasteiger partial charge in [0.15, 0.2) is 0 Å². The van der Waals surface area contributed by atoms with Crippen LogP contribution in [0.1, 0.15) is 63.2 Å². The summed E-state index contributed by atoms with van der Waals surface area (Å²) in [5.41, 5.74) is 6.14. The van der Waals surface area contributed by atoms with Gasteiger partial charge >= 0.3 is 0 Å². The first-order valence-corrected chi connectivity index (χ1v) is 12.5. The molecule has 0 saturated heterocycles. The summed E-state index contributed by atoms with van der Waals surface area (Å²) in [6.45, 7) is 4.12. The molecule has 2 aromatic carbocycles. The highest BCUT2D eigenvalue weighted by Gasteiger charge is 2.24. The van der Waals surface area contributed by atoms with E-state index in [9.17, 15) is 4.79 Å². The van der Waals surface area contributed by atoms with Crippen molar-refractivity contribution in [3.05, 3.63) is 79.6 Å². The van der Waals surface area contributed by atoms with Crippen LogP contribution in [0, 0.1) is 13.8 Å². The molecule has 160 valence electrons. The van der Waals surface area contributed by atoms with Gasteiger partial charge in [-0.05, 0) is 80.0 Å². The minimum absolute atomic E-state index is 0.0465. The van der Waals surface area contributed by atoms with E-state index < -0.39 is 0 Å². The van der Waals surface area contributed by atoms with Crippen molar-refractivity contribution in [1.29, 1.82) is 0 Å². The number of thiophene rings is 1. The number of benzene rings is 2. The summed E-state index contributed by atoms with van der Waals surface area (Å²) in [4.78, 5) is 19.6. The molecule has 0 atom stereocenters. The van der Waals surface area contributed by atoms with Crippen LogP contribution in [0.15, 0.2) is 51.9 Å². The fourth-order valence-corrected chi connectivity index (χ4v) is 5.48. The Balaban J connectivity index is 1.72. The van der Waals surface area contributed by atoms with Gasteiger partial charge in [-0.2, -0.15) is 0 Å². The summed E-state index contributed by atoms with van der Waals surface area (Å²) in [7, 11) is 0. The maximum absolute atomic E-state index is 13.5. The second-order valence-electron chi connectivity index (χ2n) is 8.11. The summed E-state index contributed by atoms with van der Waals surface area (Å²) >= 11 is 5.16. The fourth-order valence-electron chi connectivity index (χ4n) is 3.98. The summed E-state index contributed by atoms with van der Waals surface area (Å²) in [6.07, 6.45) is 8.65. The van der Waals surface area contributed by atoms with Crippen molar-refractivity contribution in [2.45, 2.75) is 52.4 Å². The summed E-state index contributed by atoms with van der Waals surface area (Å²) in [5, 5.41) is 3.99. The zero-order valence-corrected chi connectivity index (χ0v) is 20.4. The number of amides is 1. The van der Waals surface area contributed by atoms with E-state index >= 15 is 0 Å². The largest absolute Gasteiger partial charge is 0.322 e. The molecule has 0 fully saturated rings. The number of aryl methyl sites for hydroxylation is 2. The number of hydrogen-bond donors (Lipinski definition) is 1. The molecule has 5 heteroatoms. The molecule has 0 radical (unpaired) electrons. The third-order valence-electron chi connectivity index (χ3n) is 5.93. The standard InChI is InChI=1S/C26H27BrN2OS/c1-17-8-7-10-22(18(17)2)29-25(30)24-21-9-5-3-4-6-11-23(21)31-26(24)28-16-19-12-14-20(27)15-13-19/h7-8,10,12-16H,3-6,9,11H2,1-2H3,(H,29,30). The third-order valence-corrected chi connectivity index (χ3v) is 7.66. The second-order valence-corrected chi connectivity index (χ2v) is 10.1. The topological polar surface area (TPSA) is 41.5 Å². The van der Waals surface area contributed by atoms with Crippen molar-refractivity contribution >= 4 is 50.1 Å². The molecule has 1 aliphatic carbocycles. The molecule has 0 unspecified atom stereocenters. The number of aliphatic imine (C=N–C) groups is 1. The number of fused-ring (bicyclic) bond motifs is 1. The van der Waals surface area contributed by atoms with E-state index in [4.69, 9.17) is 4.99 Å². The van der Waals surface area contributed by atoms with Crippen molar-refractivity contribution in [1.82, 2.24) is 0 Å². The first-order chi connectivity index (χ1) is 15.0. The maximum atomic E-state index is 13.5. The Morgan fingerprint density at radius 3 is 2.55 bits per heavy atom. The number of carbonyl (C=O) groups is 1. The Morgan fingerprint density at radius 1 is 1.03 bits per heavy atom. The lowest BCUT2D eigenvalue weighted by Gasteiger charge is -2.13. The van der Waals surface area contributed by atoms with Gasteiger partial charge in [0.25, 0.3) is 5.91 Å². The lowest BCUT2D eigenvalue weighted by atomic mass is 9.96.